The zero-order chi connectivity index (χ0) is 16.7. The highest BCUT2D eigenvalue weighted by Gasteiger charge is 2.18. The van der Waals surface area contributed by atoms with Gasteiger partial charge in [0.1, 0.15) is 0 Å². The lowest BCUT2D eigenvalue weighted by Gasteiger charge is -2.23. The summed E-state index contributed by atoms with van der Waals surface area (Å²) < 4.78 is 0. The summed E-state index contributed by atoms with van der Waals surface area (Å²) in [6.45, 7) is 8.24. The molecule has 0 saturated heterocycles. The van der Waals surface area contributed by atoms with Gasteiger partial charge in [-0.3, -0.25) is 9.59 Å². The number of nitrogens with one attached hydrogen (secondary N) is 2. The SMILES string of the molecule is CC(C)c1ccc(C(NC(=O)CNC(=O)CN)C(C)C)cc1. The lowest BCUT2D eigenvalue weighted by Crippen LogP contribution is -2.41. The minimum absolute atomic E-state index is 0.0523. The highest BCUT2D eigenvalue weighted by molar-refractivity contribution is 5.85. The van der Waals surface area contributed by atoms with Gasteiger partial charge in [-0.1, -0.05) is 52.0 Å². The molecule has 0 aromatic heterocycles. The maximum Gasteiger partial charge on any atom is 0.239 e. The molecule has 1 unspecified atom stereocenters. The van der Waals surface area contributed by atoms with Gasteiger partial charge in [0.05, 0.1) is 19.1 Å². The summed E-state index contributed by atoms with van der Waals surface area (Å²) in [6.07, 6.45) is 0. The fourth-order valence-corrected chi connectivity index (χ4v) is 2.20. The van der Waals surface area contributed by atoms with Gasteiger partial charge in [0.2, 0.25) is 11.8 Å². The Balaban J connectivity index is 2.73. The van der Waals surface area contributed by atoms with Crippen LogP contribution in [0, 0.1) is 5.92 Å². The van der Waals surface area contributed by atoms with E-state index in [0.717, 1.165) is 5.56 Å². The normalized spacial score (nSPS) is 12.3. The molecule has 1 rings (SSSR count). The molecule has 0 fully saturated rings. The van der Waals surface area contributed by atoms with Crippen LogP contribution in [0.25, 0.3) is 0 Å². The number of nitrogens with two attached hydrogens (primary N) is 1. The molecule has 1 aromatic carbocycles. The molecule has 122 valence electrons. The molecule has 22 heavy (non-hydrogen) atoms. The average Bonchev–Trinajstić information content (AvgIpc) is 2.50. The molecule has 0 saturated carbocycles. The van der Waals surface area contributed by atoms with Crippen molar-refractivity contribution >= 4 is 11.8 Å². The molecule has 5 heteroatoms. The zero-order valence-electron chi connectivity index (χ0n) is 13.8. The van der Waals surface area contributed by atoms with Gasteiger partial charge < -0.3 is 16.4 Å². The van der Waals surface area contributed by atoms with Crippen molar-refractivity contribution in [3.8, 4) is 0 Å². The van der Waals surface area contributed by atoms with Gasteiger partial charge in [-0.2, -0.15) is 0 Å². The quantitative estimate of drug-likeness (QED) is 0.717. The largest absolute Gasteiger partial charge is 0.348 e. The van der Waals surface area contributed by atoms with E-state index in [1.165, 1.54) is 5.56 Å². The van der Waals surface area contributed by atoms with Crippen molar-refractivity contribution in [2.24, 2.45) is 11.7 Å². The van der Waals surface area contributed by atoms with Gasteiger partial charge in [-0.05, 0) is 23.0 Å². The van der Waals surface area contributed by atoms with Gasteiger partial charge in [0.15, 0.2) is 0 Å². The Labute approximate surface area is 132 Å². The first-order valence-corrected chi connectivity index (χ1v) is 7.71. The minimum Gasteiger partial charge on any atom is -0.348 e. The van der Waals surface area contributed by atoms with Gasteiger partial charge in [-0.15, -0.1) is 0 Å². The maximum atomic E-state index is 12.0. The fourth-order valence-electron chi connectivity index (χ4n) is 2.20. The van der Waals surface area contributed by atoms with Crippen LogP contribution in [0.1, 0.15) is 50.8 Å². The summed E-state index contributed by atoms with van der Waals surface area (Å²) in [7, 11) is 0. The van der Waals surface area contributed by atoms with E-state index in [4.69, 9.17) is 5.73 Å². The summed E-state index contributed by atoms with van der Waals surface area (Å²) in [4.78, 5) is 23.1. The Hall–Kier alpha value is -1.88. The highest BCUT2D eigenvalue weighted by Crippen LogP contribution is 2.23. The van der Waals surface area contributed by atoms with Crippen molar-refractivity contribution in [3.05, 3.63) is 35.4 Å². The van der Waals surface area contributed by atoms with Crippen molar-refractivity contribution in [2.75, 3.05) is 13.1 Å². The molecule has 0 spiro atoms. The maximum absolute atomic E-state index is 12.0. The molecule has 0 heterocycles. The van der Waals surface area contributed by atoms with Crippen LogP contribution < -0.4 is 16.4 Å². The van der Waals surface area contributed by atoms with Gasteiger partial charge in [0, 0.05) is 0 Å². The van der Waals surface area contributed by atoms with Crippen LogP contribution in [0.2, 0.25) is 0 Å². The second kappa shape index (κ2) is 8.54. The van der Waals surface area contributed by atoms with Crippen LogP contribution in [-0.4, -0.2) is 24.9 Å². The molecule has 4 N–H and O–H groups in total. The Bertz CT molecular complexity index is 495. The van der Waals surface area contributed by atoms with Crippen molar-refractivity contribution in [1.82, 2.24) is 10.6 Å². The van der Waals surface area contributed by atoms with E-state index in [1.807, 2.05) is 0 Å². The number of rotatable bonds is 7. The van der Waals surface area contributed by atoms with Crippen molar-refractivity contribution in [3.63, 3.8) is 0 Å². The Morgan fingerprint density at radius 2 is 1.55 bits per heavy atom. The minimum atomic E-state index is -0.336. The molecule has 1 atom stereocenters. The molecule has 0 radical (unpaired) electrons. The van der Waals surface area contributed by atoms with E-state index >= 15 is 0 Å². The predicted molar refractivity (Wildman–Crippen MR) is 88.3 cm³/mol. The van der Waals surface area contributed by atoms with E-state index in [-0.39, 0.29) is 36.9 Å². The van der Waals surface area contributed by atoms with Gasteiger partial charge in [-0.25, -0.2) is 0 Å². The summed E-state index contributed by atoms with van der Waals surface area (Å²) in [5.74, 6) is 0.178. The third-order valence-electron chi connectivity index (χ3n) is 3.58. The second-order valence-corrected chi connectivity index (χ2v) is 6.09. The zero-order valence-corrected chi connectivity index (χ0v) is 13.8. The first kappa shape index (κ1) is 18.2. The van der Waals surface area contributed by atoms with Crippen LogP contribution in [0.5, 0.6) is 0 Å². The molecule has 0 aliphatic heterocycles. The summed E-state index contributed by atoms with van der Waals surface area (Å²) in [5, 5.41) is 5.44. The molecule has 2 amide bonds. The van der Waals surface area contributed by atoms with Gasteiger partial charge in [0.25, 0.3) is 0 Å². The third-order valence-corrected chi connectivity index (χ3v) is 3.58. The summed E-state index contributed by atoms with van der Waals surface area (Å²) in [5.41, 5.74) is 7.53. The Morgan fingerprint density at radius 3 is 2.00 bits per heavy atom. The van der Waals surface area contributed by atoms with E-state index in [1.54, 1.807) is 0 Å². The van der Waals surface area contributed by atoms with E-state index in [2.05, 4.69) is 62.6 Å². The van der Waals surface area contributed by atoms with E-state index in [0.29, 0.717) is 5.92 Å². The molecule has 5 nitrogen and oxygen atoms in total. The number of amides is 2. The summed E-state index contributed by atoms with van der Waals surface area (Å²) >= 11 is 0. The molecular formula is C17H27N3O2. The number of benzene rings is 1. The van der Waals surface area contributed by atoms with Gasteiger partial charge >= 0.3 is 0 Å². The van der Waals surface area contributed by atoms with Crippen molar-refractivity contribution in [2.45, 2.75) is 39.7 Å². The molecular weight excluding hydrogens is 278 g/mol. The fraction of sp³-hybridized carbons (Fsp3) is 0.529. The van der Waals surface area contributed by atoms with Crippen LogP contribution in [0.4, 0.5) is 0 Å². The van der Waals surface area contributed by atoms with Crippen LogP contribution in [-0.2, 0) is 9.59 Å². The molecule has 1 aromatic rings. The third kappa shape index (κ3) is 5.48. The van der Waals surface area contributed by atoms with Crippen molar-refractivity contribution < 1.29 is 9.59 Å². The average molecular weight is 305 g/mol. The topological polar surface area (TPSA) is 84.2 Å². The Kier molecular flexibility index (Phi) is 7.05. The molecule has 0 aliphatic carbocycles. The number of carbonyl (C=O) groups excluding carboxylic acids is 2. The molecule has 0 aliphatic rings. The summed E-state index contributed by atoms with van der Waals surface area (Å²) in [6, 6.07) is 8.22. The van der Waals surface area contributed by atoms with Crippen LogP contribution >= 0.6 is 0 Å². The van der Waals surface area contributed by atoms with E-state index < -0.39 is 0 Å². The highest BCUT2D eigenvalue weighted by atomic mass is 16.2. The smallest absolute Gasteiger partial charge is 0.239 e. The van der Waals surface area contributed by atoms with Crippen LogP contribution in [0.15, 0.2) is 24.3 Å². The number of hydrogen-bond donors (Lipinski definition) is 3. The predicted octanol–water partition coefficient (Wildman–Crippen LogP) is 1.70. The van der Waals surface area contributed by atoms with Crippen molar-refractivity contribution in [1.29, 1.82) is 0 Å². The monoisotopic (exact) mass is 305 g/mol. The Morgan fingerprint density at radius 1 is 1.00 bits per heavy atom. The first-order chi connectivity index (χ1) is 10.3. The second-order valence-electron chi connectivity index (χ2n) is 6.09. The number of hydrogen-bond acceptors (Lipinski definition) is 3. The van der Waals surface area contributed by atoms with Crippen LogP contribution in [0.3, 0.4) is 0 Å². The molecule has 0 bridgehead atoms. The van der Waals surface area contributed by atoms with E-state index in [9.17, 15) is 9.59 Å². The lowest BCUT2D eigenvalue weighted by molar-refractivity contribution is -0.126. The lowest BCUT2D eigenvalue weighted by atomic mass is 9.93. The first-order valence-electron chi connectivity index (χ1n) is 7.71. The standard InChI is InChI=1S/C17H27N3O2/c1-11(2)13-5-7-14(8-6-13)17(12(3)4)20-16(22)10-19-15(21)9-18/h5-8,11-12,17H,9-10,18H2,1-4H3,(H,19,21)(H,20,22). The number of carbonyl (C=O) groups is 2.